The predicted octanol–water partition coefficient (Wildman–Crippen LogP) is 4.55. The first-order valence-electron chi connectivity index (χ1n) is 7.90. The number of hydrogen-bond acceptors (Lipinski definition) is 4. The zero-order valence-corrected chi connectivity index (χ0v) is 13.9. The summed E-state index contributed by atoms with van der Waals surface area (Å²) in [6, 6.07) is 16.9. The highest BCUT2D eigenvalue weighted by molar-refractivity contribution is 6.06. The molecule has 124 valence electrons. The number of nitrogens with zero attached hydrogens (tertiary/aromatic N) is 1. The van der Waals surface area contributed by atoms with E-state index in [2.05, 4.69) is 10.3 Å². The summed E-state index contributed by atoms with van der Waals surface area (Å²) in [5, 5.41) is 4.68. The van der Waals surface area contributed by atoms with Crippen LogP contribution >= 0.6 is 0 Å². The van der Waals surface area contributed by atoms with Crippen molar-refractivity contribution in [3.63, 3.8) is 0 Å². The number of benzene rings is 2. The lowest BCUT2D eigenvalue weighted by molar-refractivity contribution is 0.0997. The Morgan fingerprint density at radius 2 is 1.96 bits per heavy atom. The van der Waals surface area contributed by atoms with Crippen LogP contribution in [0.25, 0.3) is 21.9 Å². The van der Waals surface area contributed by atoms with Gasteiger partial charge in [-0.25, -0.2) is 4.98 Å². The van der Waals surface area contributed by atoms with Gasteiger partial charge in [-0.1, -0.05) is 18.2 Å². The summed E-state index contributed by atoms with van der Waals surface area (Å²) in [5.74, 6) is 1.16. The number of fused-ring (bicyclic) bond motifs is 2. The number of nitrogens with one attached hydrogen (secondary N) is 1. The molecular weight excluding hydrogens is 316 g/mol. The standard InChI is InChI=1S/C20H16N2O3/c1-12-15-11-14(24-2)8-9-17(15)25-19(12)20(23)22-18-10-7-13-5-3-4-6-16(13)21-18/h3-11H,1-2H3,(H,21,22,23). The zero-order valence-electron chi connectivity index (χ0n) is 13.9. The van der Waals surface area contributed by atoms with E-state index < -0.39 is 0 Å². The lowest BCUT2D eigenvalue weighted by atomic mass is 10.1. The molecular formula is C20H16N2O3. The lowest BCUT2D eigenvalue weighted by Crippen LogP contribution is -2.13. The van der Waals surface area contributed by atoms with Gasteiger partial charge in [0, 0.05) is 16.3 Å². The third-order valence-electron chi connectivity index (χ3n) is 4.19. The molecule has 5 heteroatoms. The normalized spacial score (nSPS) is 11.0. The predicted molar refractivity (Wildman–Crippen MR) is 97.2 cm³/mol. The molecule has 0 bridgehead atoms. The van der Waals surface area contributed by atoms with Crippen LogP contribution in [0, 0.1) is 6.92 Å². The fourth-order valence-electron chi connectivity index (χ4n) is 2.85. The monoisotopic (exact) mass is 332 g/mol. The molecule has 5 nitrogen and oxygen atoms in total. The number of methoxy groups -OCH3 is 1. The van der Waals surface area contributed by atoms with E-state index in [0.29, 0.717) is 11.4 Å². The number of aryl methyl sites for hydroxylation is 1. The zero-order chi connectivity index (χ0) is 17.4. The molecule has 0 spiro atoms. The van der Waals surface area contributed by atoms with Crippen LogP contribution in [0.15, 0.2) is 59.0 Å². The first-order chi connectivity index (χ1) is 12.2. The van der Waals surface area contributed by atoms with Crippen molar-refractivity contribution in [2.24, 2.45) is 0 Å². The molecule has 0 saturated carbocycles. The highest BCUT2D eigenvalue weighted by atomic mass is 16.5. The van der Waals surface area contributed by atoms with Crippen LogP contribution in [0.2, 0.25) is 0 Å². The minimum atomic E-state index is -0.324. The molecule has 2 aromatic heterocycles. The molecule has 0 radical (unpaired) electrons. The number of anilines is 1. The van der Waals surface area contributed by atoms with Crippen molar-refractivity contribution in [1.29, 1.82) is 0 Å². The van der Waals surface area contributed by atoms with Gasteiger partial charge in [0.2, 0.25) is 0 Å². The molecule has 25 heavy (non-hydrogen) atoms. The molecule has 1 amide bonds. The molecule has 0 saturated heterocycles. The number of aromatic nitrogens is 1. The van der Waals surface area contributed by atoms with E-state index in [1.807, 2.05) is 43.3 Å². The summed E-state index contributed by atoms with van der Waals surface area (Å²) < 4.78 is 11.0. The van der Waals surface area contributed by atoms with Gasteiger partial charge in [0.05, 0.1) is 12.6 Å². The van der Waals surface area contributed by atoms with Gasteiger partial charge >= 0.3 is 0 Å². The Kier molecular flexibility index (Phi) is 3.61. The highest BCUT2D eigenvalue weighted by Gasteiger charge is 2.18. The summed E-state index contributed by atoms with van der Waals surface area (Å²) in [5.41, 5.74) is 2.24. The summed E-state index contributed by atoms with van der Waals surface area (Å²) in [4.78, 5) is 17.1. The maximum Gasteiger partial charge on any atom is 0.292 e. The number of carbonyl (C=O) groups excluding carboxylic acids is 1. The van der Waals surface area contributed by atoms with Crippen molar-refractivity contribution >= 4 is 33.6 Å². The van der Waals surface area contributed by atoms with Gasteiger partial charge in [0.15, 0.2) is 5.76 Å². The number of ether oxygens (including phenoxy) is 1. The number of pyridine rings is 1. The van der Waals surface area contributed by atoms with Crippen LogP contribution in [-0.2, 0) is 0 Å². The lowest BCUT2D eigenvalue weighted by Gasteiger charge is -2.04. The third-order valence-corrected chi connectivity index (χ3v) is 4.19. The molecule has 4 rings (SSSR count). The molecule has 0 unspecified atom stereocenters. The Hall–Kier alpha value is -3.34. The molecule has 1 N–H and O–H groups in total. The Morgan fingerprint density at radius 3 is 2.80 bits per heavy atom. The molecule has 0 atom stereocenters. The van der Waals surface area contributed by atoms with E-state index in [1.54, 1.807) is 25.3 Å². The van der Waals surface area contributed by atoms with Crippen LogP contribution in [-0.4, -0.2) is 18.0 Å². The van der Waals surface area contributed by atoms with Gasteiger partial charge in [-0.2, -0.15) is 0 Å². The van der Waals surface area contributed by atoms with Gasteiger partial charge in [-0.05, 0) is 43.3 Å². The Labute approximate surface area is 144 Å². The number of amides is 1. The van der Waals surface area contributed by atoms with Crippen molar-refractivity contribution in [3.8, 4) is 5.75 Å². The molecule has 2 heterocycles. The summed E-state index contributed by atoms with van der Waals surface area (Å²) >= 11 is 0. The van der Waals surface area contributed by atoms with Crippen molar-refractivity contribution in [3.05, 3.63) is 65.9 Å². The maximum atomic E-state index is 12.6. The average Bonchev–Trinajstić information content (AvgIpc) is 2.98. The number of rotatable bonds is 3. The smallest absolute Gasteiger partial charge is 0.292 e. The highest BCUT2D eigenvalue weighted by Crippen LogP contribution is 2.29. The quantitative estimate of drug-likeness (QED) is 0.598. The maximum absolute atomic E-state index is 12.6. The van der Waals surface area contributed by atoms with E-state index in [1.165, 1.54) is 0 Å². The SMILES string of the molecule is COc1ccc2oc(C(=O)Nc3ccc4ccccc4n3)c(C)c2c1. The largest absolute Gasteiger partial charge is 0.497 e. The van der Waals surface area contributed by atoms with E-state index in [-0.39, 0.29) is 11.7 Å². The van der Waals surface area contributed by atoms with Crippen LogP contribution in [0.4, 0.5) is 5.82 Å². The van der Waals surface area contributed by atoms with Crippen LogP contribution in [0.3, 0.4) is 0 Å². The summed E-state index contributed by atoms with van der Waals surface area (Å²) in [6.07, 6.45) is 0. The minimum absolute atomic E-state index is 0.276. The van der Waals surface area contributed by atoms with Gasteiger partial charge in [0.1, 0.15) is 17.2 Å². The van der Waals surface area contributed by atoms with Gasteiger partial charge in [0.25, 0.3) is 5.91 Å². The van der Waals surface area contributed by atoms with Gasteiger partial charge in [-0.15, -0.1) is 0 Å². The Bertz CT molecular complexity index is 1100. The van der Waals surface area contributed by atoms with Crippen molar-refractivity contribution < 1.29 is 13.9 Å². The molecule has 2 aromatic carbocycles. The topological polar surface area (TPSA) is 64.4 Å². The van der Waals surface area contributed by atoms with Gasteiger partial charge < -0.3 is 14.5 Å². The minimum Gasteiger partial charge on any atom is -0.497 e. The third kappa shape index (κ3) is 2.70. The van der Waals surface area contributed by atoms with E-state index in [9.17, 15) is 4.79 Å². The van der Waals surface area contributed by atoms with Crippen LogP contribution in [0.5, 0.6) is 5.75 Å². The molecule has 0 fully saturated rings. The van der Waals surface area contributed by atoms with Crippen molar-refractivity contribution in [2.75, 3.05) is 12.4 Å². The first kappa shape index (κ1) is 15.2. The second-order valence-electron chi connectivity index (χ2n) is 5.76. The molecule has 0 aliphatic rings. The number of hydrogen-bond donors (Lipinski definition) is 1. The second kappa shape index (κ2) is 5.94. The van der Waals surface area contributed by atoms with E-state index in [4.69, 9.17) is 9.15 Å². The van der Waals surface area contributed by atoms with Crippen molar-refractivity contribution in [2.45, 2.75) is 6.92 Å². The summed E-state index contributed by atoms with van der Waals surface area (Å²) in [7, 11) is 1.61. The Morgan fingerprint density at radius 1 is 1.12 bits per heavy atom. The van der Waals surface area contributed by atoms with E-state index >= 15 is 0 Å². The Balaban J connectivity index is 1.68. The summed E-state index contributed by atoms with van der Waals surface area (Å²) in [6.45, 7) is 1.86. The number of carbonyl (C=O) groups is 1. The van der Waals surface area contributed by atoms with E-state index in [0.717, 1.165) is 27.6 Å². The fourth-order valence-corrected chi connectivity index (χ4v) is 2.85. The van der Waals surface area contributed by atoms with Crippen molar-refractivity contribution in [1.82, 2.24) is 4.98 Å². The number of furan rings is 1. The molecule has 4 aromatic rings. The van der Waals surface area contributed by atoms with Crippen LogP contribution in [0.1, 0.15) is 16.1 Å². The number of para-hydroxylation sites is 1. The fraction of sp³-hybridized carbons (Fsp3) is 0.100. The molecule has 0 aliphatic carbocycles. The second-order valence-corrected chi connectivity index (χ2v) is 5.76. The van der Waals surface area contributed by atoms with Gasteiger partial charge in [-0.3, -0.25) is 4.79 Å². The average molecular weight is 332 g/mol. The van der Waals surface area contributed by atoms with Crippen LogP contribution < -0.4 is 10.1 Å². The first-order valence-corrected chi connectivity index (χ1v) is 7.90. The molecule has 0 aliphatic heterocycles.